The molecule has 3 aromatic rings. The summed E-state index contributed by atoms with van der Waals surface area (Å²) in [5, 5.41) is 9.19. The van der Waals surface area contributed by atoms with E-state index >= 15 is 0 Å². The molecule has 0 N–H and O–H groups in total. The van der Waals surface area contributed by atoms with E-state index in [9.17, 15) is 14.0 Å². The number of piperidine rings is 1. The molecule has 0 atom stereocenters. The van der Waals surface area contributed by atoms with Gasteiger partial charge in [-0.1, -0.05) is 15.9 Å². The van der Waals surface area contributed by atoms with Gasteiger partial charge in [-0.2, -0.15) is 5.26 Å². The van der Waals surface area contributed by atoms with E-state index in [-0.39, 0.29) is 5.92 Å². The lowest BCUT2D eigenvalue weighted by atomic mass is 9.98. The highest BCUT2D eigenvalue weighted by atomic mass is 79.9. The second-order valence-electron chi connectivity index (χ2n) is 8.24. The molecule has 7 heteroatoms. The van der Waals surface area contributed by atoms with Crippen molar-refractivity contribution in [1.29, 1.82) is 5.26 Å². The predicted molar refractivity (Wildman–Crippen MR) is 118 cm³/mol. The Hall–Kier alpha value is -2.56. The first-order valence-corrected chi connectivity index (χ1v) is 11.3. The Bertz CT molecular complexity index is 1190. The number of nitrogens with zero attached hydrogens (tertiary/aromatic N) is 4. The normalized spacial score (nSPS) is 16.6. The lowest BCUT2D eigenvalue weighted by Gasteiger charge is -2.30. The summed E-state index contributed by atoms with van der Waals surface area (Å²) >= 11 is 3.54. The Kier molecular flexibility index (Phi) is 5.37. The summed E-state index contributed by atoms with van der Waals surface area (Å²) in [4.78, 5) is 7.19. The number of benzene rings is 2. The van der Waals surface area contributed by atoms with Gasteiger partial charge in [0.1, 0.15) is 17.5 Å². The zero-order valence-electron chi connectivity index (χ0n) is 16.9. The summed E-state index contributed by atoms with van der Waals surface area (Å²) in [6.45, 7) is 3.04. The minimum Gasteiger partial charge on any atom is -0.326 e. The fourth-order valence-corrected chi connectivity index (χ4v) is 5.05. The van der Waals surface area contributed by atoms with Gasteiger partial charge in [0.05, 0.1) is 17.5 Å². The Morgan fingerprint density at radius 1 is 1.06 bits per heavy atom. The number of rotatable bonds is 3. The maximum atomic E-state index is 14.8. The van der Waals surface area contributed by atoms with Crippen molar-refractivity contribution in [2.75, 3.05) is 13.1 Å². The first-order valence-electron chi connectivity index (χ1n) is 10.5. The number of hydrogen-bond acceptors (Lipinski definition) is 3. The quantitative estimate of drug-likeness (QED) is 0.491. The average molecular weight is 483 g/mol. The molecular weight excluding hydrogens is 462 g/mol. The highest BCUT2D eigenvalue weighted by Crippen LogP contribution is 2.37. The van der Waals surface area contributed by atoms with Gasteiger partial charge in [0.15, 0.2) is 0 Å². The molecule has 0 aliphatic carbocycles. The number of imidazole rings is 1. The average Bonchev–Trinajstić information content (AvgIpc) is 3.12. The van der Waals surface area contributed by atoms with Crippen molar-refractivity contribution in [3.63, 3.8) is 0 Å². The van der Waals surface area contributed by atoms with Crippen LogP contribution in [0.4, 0.5) is 8.78 Å². The topological polar surface area (TPSA) is 44.9 Å². The molecular formula is C24H21BrF2N4. The summed E-state index contributed by atoms with van der Waals surface area (Å²) in [6.07, 6.45) is 2.55. The third kappa shape index (κ3) is 3.79. The van der Waals surface area contributed by atoms with Crippen molar-refractivity contribution in [2.24, 2.45) is 5.92 Å². The van der Waals surface area contributed by atoms with E-state index in [0.717, 1.165) is 66.5 Å². The number of likely N-dealkylation sites (tertiary alicyclic amines) is 1. The molecule has 158 valence electrons. The van der Waals surface area contributed by atoms with E-state index in [2.05, 4.69) is 37.5 Å². The molecule has 31 heavy (non-hydrogen) atoms. The molecule has 1 fully saturated rings. The lowest BCUT2D eigenvalue weighted by molar-refractivity contribution is 0.194. The Morgan fingerprint density at radius 3 is 2.58 bits per heavy atom. The predicted octanol–water partition coefficient (Wildman–Crippen LogP) is 5.55. The maximum absolute atomic E-state index is 14.8. The highest BCUT2D eigenvalue weighted by Gasteiger charge is 2.28. The van der Waals surface area contributed by atoms with Gasteiger partial charge in [0, 0.05) is 40.7 Å². The molecule has 0 spiro atoms. The van der Waals surface area contributed by atoms with Gasteiger partial charge in [0.2, 0.25) is 0 Å². The van der Waals surface area contributed by atoms with Crippen molar-refractivity contribution in [2.45, 2.75) is 32.4 Å². The molecule has 1 saturated heterocycles. The summed E-state index contributed by atoms with van der Waals surface area (Å²) in [7, 11) is 0. The maximum Gasteiger partial charge on any atom is 0.141 e. The number of nitriles is 1. The van der Waals surface area contributed by atoms with Gasteiger partial charge in [-0.25, -0.2) is 13.8 Å². The second kappa shape index (κ2) is 8.18. The van der Waals surface area contributed by atoms with Crippen LogP contribution in [0.5, 0.6) is 0 Å². The Labute approximate surface area is 188 Å². The third-order valence-corrected chi connectivity index (χ3v) is 6.81. The summed E-state index contributed by atoms with van der Waals surface area (Å²) in [5.74, 6) is -0.263. The van der Waals surface area contributed by atoms with Gasteiger partial charge in [-0.3, -0.25) is 4.90 Å². The molecule has 5 rings (SSSR count). The lowest BCUT2D eigenvalue weighted by Crippen LogP contribution is -2.33. The standard InChI is InChI=1S/C24H21BrF2N4/c25-17-1-3-19-16(11-17)7-10-31-22(14-30-8-5-15(13-28)6-9-30)23(29-24(19)31)20-4-2-18(26)12-21(20)27/h1-4,11-12,15H,5-10,14H2. The van der Waals surface area contributed by atoms with E-state index < -0.39 is 11.6 Å². The fraction of sp³-hybridized carbons (Fsp3) is 0.333. The minimum absolute atomic E-state index is 0.106. The largest absolute Gasteiger partial charge is 0.326 e. The minimum atomic E-state index is -0.601. The molecule has 3 heterocycles. The fourth-order valence-electron chi connectivity index (χ4n) is 4.64. The van der Waals surface area contributed by atoms with Crippen LogP contribution in [0.2, 0.25) is 0 Å². The monoisotopic (exact) mass is 482 g/mol. The van der Waals surface area contributed by atoms with Crippen LogP contribution in [0.1, 0.15) is 24.1 Å². The van der Waals surface area contributed by atoms with E-state index in [4.69, 9.17) is 4.98 Å². The third-order valence-electron chi connectivity index (χ3n) is 6.32. The zero-order chi connectivity index (χ0) is 21.5. The number of aryl methyl sites for hydroxylation is 1. The van der Waals surface area contributed by atoms with Crippen LogP contribution in [-0.2, 0) is 19.5 Å². The van der Waals surface area contributed by atoms with Crippen molar-refractivity contribution < 1.29 is 8.78 Å². The molecule has 1 aromatic heterocycles. The Balaban J connectivity index is 1.60. The first-order chi connectivity index (χ1) is 15.0. The molecule has 0 amide bonds. The molecule has 0 unspecified atom stereocenters. The summed E-state index contributed by atoms with van der Waals surface area (Å²) < 4.78 is 31.5. The molecule has 4 nitrogen and oxygen atoms in total. The zero-order valence-corrected chi connectivity index (χ0v) is 18.5. The van der Waals surface area contributed by atoms with Gasteiger partial charge < -0.3 is 4.57 Å². The van der Waals surface area contributed by atoms with Crippen molar-refractivity contribution >= 4 is 15.9 Å². The van der Waals surface area contributed by atoms with Gasteiger partial charge >= 0.3 is 0 Å². The SMILES string of the molecule is N#CC1CCN(Cc2c(-c3ccc(F)cc3F)nc3n2CCc2cc(Br)ccc2-3)CC1. The molecule has 0 radical (unpaired) electrons. The van der Waals surface area contributed by atoms with Gasteiger partial charge in [-0.15, -0.1) is 0 Å². The van der Waals surface area contributed by atoms with E-state index in [1.165, 1.54) is 17.7 Å². The Morgan fingerprint density at radius 2 is 1.84 bits per heavy atom. The van der Waals surface area contributed by atoms with Crippen LogP contribution in [0.3, 0.4) is 0 Å². The van der Waals surface area contributed by atoms with Gasteiger partial charge in [-0.05, 0) is 68.2 Å². The van der Waals surface area contributed by atoms with Gasteiger partial charge in [0.25, 0.3) is 0 Å². The number of hydrogen-bond donors (Lipinski definition) is 0. The number of aromatic nitrogens is 2. The highest BCUT2D eigenvalue weighted by molar-refractivity contribution is 9.10. The first kappa shape index (κ1) is 20.3. The molecule has 2 aromatic carbocycles. The smallest absolute Gasteiger partial charge is 0.141 e. The summed E-state index contributed by atoms with van der Waals surface area (Å²) in [5.41, 5.74) is 4.10. The summed E-state index contributed by atoms with van der Waals surface area (Å²) in [6, 6.07) is 12.2. The van der Waals surface area contributed by atoms with Crippen molar-refractivity contribution in [1.82, 2.24) is 14.5 Å². The van der Waals surface area contributed by atoms with Crippen LogP contribution in [-0.4, -0.2) is 27.5 Å². The van der Waals surface area contributed by atoms with E-state index in [1.807, 2.05) is 12.1 Å². The van der Waals surface area contributed by atoms with E-state index in [1.54, 1.807) is 0 Å². The molecule has 2 aliphatic rings. The number of halogens is 3. The van der Waals surface area contributed by atoms with Crippen molar-refractivity contribution in [3.05, 3.63) is 63.8 Å². The second-order valence-corrected chi connectivity index (χ2v) is 9.15. The van der Waals surface area contributed by atoms with Crippen LogP contribution < -0.4 is 0 Å². The van der Waals surface area contributed by atoms with Crippen molar-refractivity contribution in [3.8, 4) is 28.7 Å². The van der Waals surface area contributed by atoms with Crippen LogP contribution >= 0.6 is 15.9 Å². The van der Waals surface area contributed by atoms with Crippen LogP contribution in [0.25, 0.3) is 22.6 Å². The van der Waals surface area contributed by atoms with E-state index in [0.29, 0.717) is 17.8 Å². The molecule has 0 saturated carbocycles. The number of fused-ring (bicyclic) bond motifs is 3. The molecule has 2 aliphatic heterocycles. The van der Waals surface area contributed by atoms with Crippen LogP contribution in [0.15, 0.2) is 40.9 Å². The van der Waals surface area contributed by atoms with Crippen LogP contribution in [0, 0.1) is 28.9 Å². The molecule has 0 bridgehead atoms.